The van der Waals surface area contributed by atoms with Crippen LogP contribution in [0, 0.1) is 6.92 Å². The fraction of sp³-hybridized carbons (Fsp3) is 0.125. The Kier molecular flexibility index (Phi) is 2.75. The quantitative estimate of drug-likeness (QED) is 0.700. The number of aromatic nitrogens is 2. The summed E-state index contributed by atoms with van der Waals surface area (Å²) >= 11 is 3.40. The van der Waals surface area contributed by atoms with Crippen LogP contribution in [0.1, 0.15) is 5.56 Å². The number of pyridine rings is 1. The van der Waals surface area contributed by atoms with E-state index in [1.165, 1.54) is 5.56 Å². The van der Waals surface area contributed by atoms with Crippen molar-refractivity contribution in [3.8, 4) is 0 Å². The molecule has 2 nitrogen and oxygen atoms in total. The Morgan fingerprint density at radius 3 is 2.92 bits per heavy atom. The summed E-state index contributed by atoms with van der Waals surface area (Å²) in [5.41, 5.74) is 2.21. The van der Waals surface area contributed by atoms with Gasteiger partial charge in [0.15, 0.2) is 0 Å². The van der Waals surface area contributed by atoms with Gasteiger partial charge < -0.3 is 0 Å². The van der Waals surface area contributed by atoms with Crippen LogP contribution in [-0.2, 0) is 0 Å². The molecule has 2 rings (SSSR count). The fourth-order valence-electron chi connectivity index (χ4n) is 1.06. The highest BCUT2D eigenvalue weighted by atomic mass is 79.9. The molecule has 0 aromatic carbocycles. The summed E-state index contributed by atoms with van der Waals surface area (Å²) in [4.78, 5) is 4.18. The molecule has 0 radical (unpaired) electrons. The molecule has 0 atom stereocenters. The van der Waals surface area contributed by atoms with Crippen molar-refractivity contribution in [3.63, 3.8) is 0 Å². The first-order valence-electron chi connectivity index (χ1n) is 3.36. The molecule has 0 aliphatic heterocycles. The average molecular weight is 248 g/mol. The Hall–Kier alpha value is -0.540. The molecular weight excluding hydrogens is 239 g/mol. The third kappa shape index (κ3) is 1.47. The predicted molar refractivity (Wildman–Crippen MR) is 54.9 cm³/mol. The highest BCUT2D eigenvalue weighted by Crippen LogP contribution is 2.13. The Bertz CT molecular complexity index is 397. The number of hydrogen-bond donors (Lipinski definition) is 0. The van der Waals surface area contributed by atoms with Crippen LogP contribution < -0.4 is 0 Å². The molecule has 4 heteroatoms. The van der Waals surface area contributed by atoms with Crippen molar-refractivity contribution in [3.05, 3.63) is 34.7 Å². The molecule has 0 fully saturated rings. The molecule has 0 N–H and O–H groups in total. The highest BCUT2D eigenvalue weighted by molar-refractivity contribution is 9.10. The van der Waals surface area contributed by atoms with Gasteiger partial charge in [0, 0.05) is 6.20 Å². The fourth-order valence-corrected chi connectivity index (χ4v) is 1.44. The summed E-state index contributed by atoms with van der Waals surface area (Å²) in [6, 6.07) is 4.05. The van der Waals surface area contributed by atoms with Crippen LogP contribution in [0.25, 0.3) is 5.65 Å². The highest BCUT2D eigenvalue weighted by Gasteiger charge is 1.97. The van der Waals surface area contributed by atoms with Crippen molar-refractivity contribution in [1.82, 2.24) is 9.38 Å². The van der Waals surface area contributed by atoms with Gasteiger partial charge in [-0.25, -0.2) is 4.98 Å². The summed E-state index contributed by atoms with van der Waals surface area (Å²) in [5.74, 6) is 0. The van der Waals surface area contributed by atoms with Gasteiger partial charge in [0.1, 0.15) is 10.3 Å². The second kappa shape index (κ2) is 3.46. The van der Waals surface area contributed by atoms with E-state index in [-0.39, 0.29) is 12.4 Å². The van der Waals surface area contributed by atoms with Gasteiger partial charge in [-0.15, -0.1) is 12.4 Å². The van der Waals surface area contributed by atoms with E-state index in [0.29, 0.717) is 0 Å². The molecule has 0 saturated heterocycles. The van der Waals surface area contributed by atoms with Gasteiger partial charge in [-0.05, 0) is 34.5 Å². The second-order valence-electron chi connectivity index (χ2n) is 2.52. The van der Waals surface area contributed by atoms with E-state index in [2.05, 4.69) is 33.9 Å². The van der Waals surface area contributed by atoms with Gasteiger partial charge in [-0.1, -0.05) is 6.07 Å². The third-order valence-electron chi connectivity index (χ3n) is 1.61. The van der Waals surface area contributed by atoms with Crippen molar-refractivity contribution >= 4 is 34.0 Å². The Morgan fingerprint density at radius 1 is 1.42 bits per heavy atom. The minimum atomic E-state index is 0. The molecule has 0 aliphatic rings. The topological polar surface area (TPSA) is 17.3 Å². The van der Waals surface area contributed by atoms with E-state index in [4.69, 9.17) is 0 Å². The monoisotopic (exact) mass is 246 g/mol. The molecule has 64 valence electrons. The van der Waals surface area contributed by atoms with Crippen molar-refractivity contribution in [1.29, 1.82) is 0 Å². The Morgan fingerprint density at radius 2 is 2.17 bits per heavy atom. The predicted octanol–water partition coefficient (Wildman–Crippen LogP) is 2.83. The maximum Gasteiger partial charge on any atom is 0.137 e. The van der Waals surface area contributed by atoms with E-state index in [1.54, 1.807) is 6.20 Å². The van der Waals surface area contributed by atoms with E-state index in [9.17, 15) is 0 Å². The molecule has 0 unspecified atom stereocenters. The number of hydrogen-bond acceptors (Lipinski definition) is 1. The van der Waals surface area contributed by atoms with E-state index in [1.807, 2.05) is 16.7 Å². The van der Waals surface area contributed by atoms with E-state index < -0.39 is 0 Å². The molecule has 2 heterocycles. The standard InChI is InChI=1S/C8H7BrN2.ClH/c1-6-2-3-8-10-4-7(9)11(8)5-6;/h2-5H,1H3;1H. The van der Waals surface area contributed by atoms with Crippen LogP contribution in [0.3, 0.4) is 0 Å². The SMILES string of the molecule is Cc1ccc2ncc(Br)n2c1.Cl. The lowest BCUT2D eigenvalue weighted by molar-refractivity contribution is 1.13. The summed E-state index contributed by atoms with van der Waals surface area (Å²) in [6.45, 7) is 2.06. The van der Waals surface area contributed by atoms with Gasteiger partial charge in [-0.3, -0.25) is 4.40 Å². The average Bonchev–Trinajstić information content (AvgIpc) is 2.33. The van der Waals surface area contributed by atoms with Crippen LogP contribution >= 0.6 is 28.3 Å². The number of nitrogens with zero attached hydrogens (tertiary/aromatic N) is 2. The molecule has 0 bridgehead atoms. The Balaban J connectivity index is 0.000000720. The van der Waals surface area contributed by atoms with Crippen molar-refractivity contribution in [2.24, 2.45) is 0 Å². The number of aryl methyl sites for hydroxylation is 1. The number of imidazole rings is 1. The lowest BCUT2D eigenvalue weighted by atomic mass is 10.3. The maximum atomic E-state index is 4.18. The lowest BCUT2D eigenvalue weighted by Gasteiger charge is -1.95. The number of halogens is 2. The zero-order chi connectivity index (χ0) is 7.84. The third-order valence-corrected chi connectivity index (χ3v) is 2.20. The number of fused-ring (bicyclic) bond motifs is 1. The van der Waals surface area contributed by atoms with Gasteiger partial charge in [0.2, 0.25) is 0 Å². The van der Waals surface area contributed by atoms with Crippen LogP contribution in [0.15, 0.2) is 29.1 Å². The van der Waals surface area contributed by atoms with Gasteiger partial charge in [-0.2, -0.15) is 0 Å². The second-order valence-corrected chi connectivity index (χ2v) is 3.33. The summed E-state index contributed by atoms with van der Waals surface area (Å²) in [5, 5.41) is 0. The first-order valence-corrected chi connectivity index (χ1v) is 4.16. The molecule has 0 aliphatic carbocycles. The molecule has 0 amide bonds. The molecule has 0 saturated carbocycles. The van der Waals surface area contributed by atoms with Crippen LogP contribution in [0.4, 0.5) is 0 Å². The minimum absolute atomic E-state index is 0. The summed E-state index contributed by atoms with van der Waals surface area (Å²) in [7, 11) is 0. The maximum absolute atomic E-state index is 4.18. The molecule has 12 heavy (non-hydrogen) atoms. The molecule has 2 aromatic heterocycles. The first kappa shape index (κ1) is 9.55. The number of rotatable bonds is 0. The molecular formula is C8H8BrClN2. The van der Waals surface area contributed by atoms with Crippen molar-refractivity contribution in [2.45, 2.75) is 6.92 Å². The minimum Gasteiger partial charge on any atom is -0.294 e. The van der Waals surface area contributed by atoms with Crippen molar-refractivity contribution in [2.75, 3.05) is 0 Å². The normalized spacial score (nSPS) is 9.83. The van der Waals surface area contributed by atoms with E-state index >= 15 is 0 Å². The largest absolute Gasteiger partial charge is 0.294 e. The summed E-state index contributed by atoms with van der Waals surface area (Å²) < 4.78 is 3.01. The zero-order valence-electron chi connectivity index (χ0n) is 6.49. The Labute approximate surface area is 85.2 Å². The zero-order valence-corrected chi connectivity index (χ0v) is 8.89. The lowest BCUT2D eigenvalue weighted by Crippen LogP contribution is -1.84. The molecule has 0 spiro atoms. The van der Waals surface area contributed by atoms with Crippen LogP contribution in [0.5, 0.6) is 0 Å². The van der Waals surface area contributed by atoms with Gasteiger partial charge in [0.05, 0.1) is 6.20 Å². The van der Waals surface area contributed by atoms with Crippen LogP contribution in [-0.4, -0.2) is 9.38 Å². The smallest absolute Gasteiger partial charge is 0.137 e. The van der Waals surface area contributed by atoms with Gasteiger partial charge in [0.25, 0.3) is 0 Å². The first-order chi connectivity index (χ1) is 5.27. The van der Waals surface area contributed by atoms with Gasteiger partial charge >= 0.3 is 0 Å². The molecule has 2 aromatic rings. The van der Waals surface area contributed by atoms with Crippen molar-refractivity contribution < 1.29 is 0 Å². The summed E-state index contributed by atoms with van der Waals surface area (Å²) in [6.07, 6.45) is 3.85. The van der Waals surface area contributed by atoms with Crippen LogP contribution in [0.2, 0.25) is 0 Å². The van der Waals surface area contributed by atoms with E-state index in [0.717, 1.165) is 10.3 Å².